The van der Waals surface area contributed by atoms with Gasteiger partial charge in [0.05, 0.1) is 0 Å². The molecule has 0 spiro atoms. The highest BCUT2D eigenvalue weighted by Crippen LogP contribution is 1.84. The molecule has 0 radical (unpaired) electrons. The molecule has 0 aliphatic carbocycles. The van der Waals surface area contributed by atoms with Crippen LogP contribution in [0.4, 0.5) is 0 Å². The van der Waals surface area contributed by atoms with Crippen molar-refractivity contribution >= 4 is 12.7 Å². The largest absolute Gasteiger partial charge is 0.251 e. The summed E-state index contributed by atoms with van der Waals surface area (Å²) in [7, 11) is 0. The van der Waals surface area contributed by atoms with Gasteiger partial charge in [-0.1, -0.05) is 0 Å². The standard InChI is InChI=1S/C4H4N4/c5-1-8-3-6-2-7-4-8/h2-3H,4H2. The van der Waals surface area contributed by atoms with Gasteiger partial charge in [-0.25, -0.2) is 9.89 Å². The Balaban J connectivity index is 2.55. The Morgan fingerprint density at radius 3 is 3.00 bits per heavy atom. The van der Waals surface area contributed by atoms with E-state index in [4.69, 9.17) is 5.26 Å². The molecule has 0 saturated heterocycles. The first kappa shape index (κ1) is 4.78. The Labute approximate surface area is 46.8 Å². The summed E-state index contributed by atoms with van der Waals surface area (Å²) in [6.07, 6.45) is 4.74. The van der Waals surface area contributed by atoms with Crippen molar-refractivity contribution in [2.45, 2.75) is 0 Å². The van der Waals surface area contributed by atoms with Gasteiger partial charge in [-0.2, -0.15) is 5.26 Å². The van der Waals surface area contributed by atoms with Gasteiger partial charge in [-0.05, 0) is 0 Å². The van der Waals surface area contributed by atoms with E-state index < -0.39 is 0 Å². The maximum Gasteiger partial charge on any atom is 0.186 e. The molecule has 4 nitrogen and oxygen atoms in total. The van der Waals surface area contributed by atoms with Crippen LogP contribution < -0.4 is 0 Å². The summed E-state index contributed by atoms with van der Waals surface area (Å²) in [5, 5.41) is 8.20. The Kier molecular flexibility index (Phi) is 1.24. The van der Waals surface area contributed by atoms with E-state index in [2.05, 4.69) is 9.98 Å². The van der Waals surface area contributed by atoms with Crippen molar-refractivity contribution in [3.05, 3.63) is 0 Å². The minimum absolute atomic E-state index is 0.403. The van der Waals surface area contributed by atoms with Gasteiger partial charge >= 0.3 is 0 Å². The minimum Gasteiger partial charge on any atom is -0.251 e. The highest BCUT2D eigenvalue weighted by Gasteiger charge is 1.94. The van der Waals surface area contributed by atoms with Crippen molar-refractivity contribution in [1.29, 1.82) is 5.26 Å². The van der Waals surface area contributed by atoms with Crippen molar-refractivity contribution in [2.75, 3.05) is 6.67 Å². The molecule has 4 heteroatoms. The van der Waals surface area contributed by atoms with Crippen LogP contribution >= 0.6 is 0 Å². The van der Waals surface area contributed by atoms with Gasteiger partial charge in [0.2, 0.25) is 0 Å². The summed E-state index contributed by atoms with van der Waals surface area (Å²) in [5.74, 6) is 0. The van der Waals surface area contributed by atoms with Crippen molar-refractivity contribution in [3.63, 3.8) is 0 Å². The topological polar surface area (TPSA) is 51.8 Å². The van der Waals surface area contributed by atoms with Crippen LogP contribution in [0, 0.1) is 11.5 Å². The van der Waals surface area contributed by atoms with Crippen LogP contribution in [0.2, 0.25) is 0 Å². The van der Waals surface area contributed by atoms with E-state index >= 15 is 0 Å². The van der Waals surface area contributed by atoms with Crippen LogP contribution in [0.3, 0.4) is 0 Å². The summed E-state index contributed by atoms with van der Waals surface area (Å²) < 4.78 is 0. The Morgan fingerprint density at radius 2 is 2.62 bits per heavy atom. The first-order valence-electron chi connectivity index (χ1n) is 2.11. The molecule has 0 atom stereocenters. The zero-order valence-corrected chi connectivity index (χ0v) is 4.15. The van der Waals surface area contributed by atoms with Gasteiger partial charge in [0.25, 0.3) is 0 Å². The second-order valence-electron chi connectivity index (χ2n) is 1.27. The summed E-state index contributed by atoms with van der Waals surface area (Å²) in [6.45, 7) is 0.403. The van der Waals surface area contributed by atoms with Crippen LogP contribution in [0.5, 0.6) is 0 Å². The summed E-state index contributed by atoms with van der Waals surface area (Å²) in [4.78, 5) is 8.66. The van der Waals surface area contributed by atoms with Gasteiger partial charge in [-0.3, -0.25) is 4.99 Å². The van der Waals surface area contributed by atoms with E-state index in [1.807, 2.05) is 6.19 Å². The van der Waals surface area contributed by atoms with E-state index in [-0.39, 0.29) is 0 Å². The molecule has 0 N–H and O–H groups in total. The average Bonchev–Trinajstić information content (AvgIpc) is 1.90. The molecule has 0 fully saturated rings. The summed E-state index contributed by atoms with van der Waals surface area (Å²) in [6, 6.07) is 0. The van der Waals surface area contributed by atoms with Gasteiger partial charge in [-0.15, -0.1) is 0 Å². The molecule has 0 aromatic heterocycles. The quantitative estimate of drug-likeness (QED) is 0.403. The van der Waals surface area contributed by atoms with Crippen LogP contribution in [-0.4, -0.2) is 24.2 Å². The number of nitrogens with zero attached hydrogens (tertiary/aromatic N) is 4. The number of aliphatic imine (C=N–C) groups is 2. The number of hydrogen-bond acceptors (Lipinski definition) is 4. The smallest absolute Gasteiger partial charge is 0.186 e. The predicted octanol–water partition coefficient (Wildman–Crippen LogP) is -0.203. The average molecular weight is 108 g/mol. The van der Waals surface area contributed by atoms with Crippen LogP contribution in [0.1, 0.15) is 0 Å². The van der Waals surface area contributed by atoms with Crippen molar-refractivity contribution in [3.8, 4) is 6.19 Å². The monoisotopic (exact) mass is 108 g/mol. The second kappa shape index (κ2) is 2.07. The lowest BCUT2D eigenvalue weighted by molar-refractivity contribution is 0.605. The molecule has 1 heterocycles. The van der Waals surface area contributed by atoms with Crippen molar-refractivity contribution in [2.24, 2.45) is 9.98 Å². The van der Waals surface area contributed by atoms with Gasteiger partial charge in [0.15, 0.2) is 6.19 Å². The maximum absolute atomic E-state index is 8.20. The Bertz CT molecular complexity index is 163. The molecule has 40 valence electrons. The molecule has 0 aromatic carbocycles. The lowest BCUT2D eigenvalue weighted by Gasteiger charge is -2.05. The fourth-order valence-corrected chi connectivity index (χ4v) is 0.376. The molecule has 0 bridgehead atoms. The molecule has 0 aromatic rings. The summed E-state index contributed by atoms with van der Waals surface area (Å²) >= 11 is 0. The number of hydrogen-bond donors (Lipinski definition) is 0. The molecule has 0 amide bonds. The number of rotatable bonds is 0. The third kappa shape index (κ3) is 0.819. The highest BCUT2D eigenvalue weighted by atomic mass is 15.2. The Hall–Kier alpha value is -1.37. The highest BCUT2D eigenvalue weighted by molar-refractivity contribution is 5.73. The molecule has 0 saturated carbocycles. The van der Waals surface area contributed by atoms with E-state index in [0.717, 1.165) is 0 Å². The molecular weight excluding hydrogens is 104 g/mol. The molecule has 0 unspecified atom stereocenters. The SMILES string of the molecule is N#CN1C=NC=NC1. The van der Waals surface area contributed by atoms with Crippen molar-refractivity contribution in [1.82, 2.24) is 4.90 Å². The molecular formula is C4H4N4. The predicted molar refractivity (Wildman–Crippen MR) is 29.3 cm³/mol. The van der Waals surface area contributed by atoms with Gasteiger partial charge in [0.1, 0.15) is 19.3 Å². The van der Waals surface area contributed by atoms with Gasteiger partial charge < -0.3 is 0 Å². The lowest BCUT2D eigenvalue weighted by atomic mass is 10.8. The lowest BCUT2D eigenvalue weighted by Crippen LogP contribution is -2.17. The fourth-order valence-electron chi connectivity index (χ4n) is 0.376. The maximum atomic E-state index is 8.20. The van der Waals surface area contributed by atoms with Crippen LogP contribution in [0.25, 0.3) is 0 Å². The molecule has 1 rings (SSSR count). The number of nitriles is 1. The van der Waals surface area contributed by atoms with Gasteiger partial charge in [0, 0.05) is 0 Å². The second-order valence-corrected chi connectivity index (χ2v) is 1.27. The summed E-state index contributed by atoms with van der Waals surface area (Å²) in [5.41, 5.74) is 0. The Morgan fingerprint density at radius 1 is 1.75 bits per heavy atom. The van der Waals surface area contributed by atoms with Crippen LogP contribution in [-0.2, 0) is 0 Å². The first-order valence-corrected chi connectivity index (χ1v) is 2.11. The van der Waals surface area contributed by atoms with Crippen molar-refractivity contribution < 1.29 is 0 Å². The normalized spacial score (nSPS) is 16.1. The van der Waals surface area contributed by atoms with E-state index in [1.165, 1.54) is 17.6 Å². The third-order valence-corrected chi connectivity index (χ3v) is 0.717. The molecule has 8 heavy (non-hydrogen) atoms. The third-order valence-electron chi connectivity index (χ3n) is 0.717. The minimum atomic E-state index is 0.403. The molecule has 1 aliphatic heterocycles. The zero-order valence-electron chi connectivity index (χ0n) is 4.15. The fraction of sp³-hybridized carbons (Fsp3) is 0.250. The molecule has 1 aliphatic rings. The first-order chi connectivity index (χ1) is 3.93. The van der Waals surface area contributed by atoms with E-state index in [1.54, 1.807) is 0 Å². The zero-order chi connectivity index (χ0) is 5.82. The van der Waals surface area contributed by atoms with E-state index in [9.17, 15) is 0 Å². The van der Waals surface area contributed by atoms with Crippen LogP contribution in [0.15, 0.2) is 9.98 Å². The van der Waals surface area contributed by atoms with E-state index in [0.29, 0.717) is 6.67 Å².